The number of rotatable bonds is 5. The molecule has 0 bridgehead atoms. The average Bonchev–Trinajstić information content (AvgIpc) is 2.42. The van der Waals surface area contributed by atoms with Gasteiger partial charge in [0, 0.05) is 43.8 Å². The molecule has 0 N–H and O–H groups in total. The predicted octanol–water partition coefficient (Wildman–Crippen LogP) is 4.21. The molecular weight excluding hydrogens is 327 g/mol. The average molecular weight is 350 g/mol. The Hall–Kier alpha value is -0.510. The van der Waals surface area contributed by atoms with Gasteiger partial charge in [-0.1, -0.05) is 35.9 Å². The predicted molar refractivity (Wildman–Crippen MR) is 97.1 cm³/mol. The monoisotopic (exact) mass is 348 g/mol. The van der Waals surface area contributed by atoms with Crippen LogP contribution >= 0.6 is 36.4 Å². The maximum atomic E-state index is 5.97. The van der Waals surface area contributed by atoms with E-state index in [1.54, 1.807) is 0 Å². The SMILES string of the molecule is C=CCN1CCN(CC=C)C(c2ccc(Cl)cc2)C1.Cl.Cl. The first-order chi connectivity index (χ1) is 9.24. The minimum Gasteiger partial charge on any atom is -0.297 e. The van der Waals surface area contributed by atoms with E-state index < -0.39 is 0 Å². The van der Waals surface area contributed by atoms with Crippen molar-refractivity contribution in [1.82, 2.24) is 9.80 Å². The topological polar surface area (TPSA) is 6.48 Å². The van der Waals surface area contributed by atoms with Gasteiger partial charge in [-0.3, -0.25) is 9.80 Å². The van der Waals surface area contributed by atoms with Crippen LogP contribution in [0, 0.1) is 0 Å². The van der Waals surface area contributed by atoms with Crippen LogP contribution in [0.4, 0.5) is 0 Å². The largest absolute Gasteiger partial charge is 0.297 e. The lowest BCUT2D eigenvalue weighted by Crippen LogP contribution is -2.48. The van der Waals surface area contributed by atoms with Crippen molar-refractivity contribution in [3.8, 4) is 0 Å². The van der Waals surface area contributed by atoms with Gasteiger partial charge in [0.1, 0.15) is 0 Å². The van der Waals surface area contributed by atoms with Gasteiger partial charge in [-0.15, -0.1) is 38.0 Å². The Bertz CT molecular complexity index is 434. The molecule has 0 spiro atoms. The van der Waals surface area contributed by atoms with E-state index in [-0.39, 0.29) is 24.8 Å². The Kier molecular flexibility index (Phi) is 10.0. The van der Waals surface area contributed by atoms with Crippen molar-refractivity contribution >= 4 is 36.4 Å². The Balaban J connectivity index is 0.00000200. The second-order valence-corrected chi connectivity index (χ2v) is 5.34. The Morgan fingerprint density at radius 2 is 1.67 bits per heavy atom. The van der Waals surface area contributed by atoms with E-state index >= 15 is 0 Å². The lowest BCUT2D eigenvalue weighted by molar-refractivity contribution is 0.0916. The molecule has 5 heteroatoms. The standard InChI is InChI=1S/C16H21ClN2.2ClH/c1-3-9-18-11-12-19(10-4-2)16(13-18)14-5-7-15(17)8-6-14;;/h3-8,16H,1-2,9-13H2;2*1H. The lowest BCUT2D eigenvalue weighted by atomic mass is 10.0. The number of benzene rings is 1. The van der Waals surface area contributed by atoms with Crippen LogP contribution in [0.25, 0.3) is 0 Å². The fourth-order valence-corrected chi connectivity index (χ4v) is 2.74. The first-order valence-electron chi connectivity index (χ1n) is 6.68. The number of nitrogens with zero attached hydrogens (tertiary/aromatic N) is 2. The highest BCUT2D eigenvalue weighted by Crippen LogP contribution is 2.26. The van der Waals surface area contributed by atoms with E-state index in [9.17, 15) is 0 Å². The molecule has 1 aromatic carbocycles. The van der Waals surface area contributed by atoms with Gasteiger partial charge in [0.25, 0.3) is 0 Å². The van der Waals surface area contributed by atoms with Crippen molar-refractivity contribution in [2.75, 3.05) is 32.7 Å². The van der Waals surface area contributed by atoms with E-state index in [4.69, 9.17) is 11.6 Å². The van der Waals surface area contributed by atoms with E-state index in [2.05, 4.69) is 35.1 Å². The van der Waals surface area contributed by atoms with Crippen LogP contribution in [0.3, 0.4) is 0 Å². The normalized spacial score (nSPS) is 19.2. The molecule has 0 amide bonds. The zero-order valence-corrected chi connectivity index (χ0v) is 14.5. The molecule has 1 unspecified atom stereocenters. The molecule has 1 aromatic rings. The Morgan fingerprint density at radius 3 is 2.24 bits per heavy atom. The third kappa shape index (κ3) is 5.65. The van der Waals surface area contributed by atoms with Crippen molar-refractivity contribution < 1.29 is 0 Å². The van der Waals surface area contributed by atoms with E-state index in [1.165, 1.54) is 5.56 Å². The highest BCUT2D eigenvalue weighted by molar-refractivity contribution is 6.30. The zero-order chi connectivity index (χ0) is 13.7. The summed E-state index contributed by atoms with van der Waals surface area (Å²) in [6, 6.07) is 8.59. The Morgan fingerprint density at radius 1 is 1.05 bits per heavy atom. The van der Waals surface area contributed by atoms with Gasteiger partial charge in [0.15, 0.2) is 0 Å². The number of hydrogen-bond acceptors (Lipinski definition) is 2. The molecule has 0 aliphatic carbocycles. The zero-order valence-electron chi connectivity index (χ0n) is 12.1. The number of piperazine rings is 1. The summed E-state index contributed by atoms with van der Waals surface area (Å²) in [5, 5.41) is 0.790. The lowest BCUT2D eigenvalue weighted by Gasteiger charge is -2.41. The molecule has 1 atom stereocenters. The van der Waals surface area contributed by atoms with Crippen LogP contribution in [-0.4, -0.2) is 42.5 Å². The smallest absolute Gasteiger partial charge is 0.0479 e. The number of halogens is 3. The van der Waals surface area contributed by atoms with Gasteiger partial charge in [-0.2, -0.15) is 0 Å². The van der Waals surface area contributed by atoms with Crippen molar-refractivity contribution in [3.63, 3.8) is 0 Å². The molecule has 1 aliphatic rings. The minimum atomic E-state index is 0. The summed E-state index contributed by atoms with van der Waals surface area (Å²) in [6.45, 7) is 12.7. The van der Waals surface area contributed by atoms with Gasteiger partial charge in [-0.25, -0.2) is 0 Å². The molecule has 1 saturated heterocycles. The minimum absolute atomic E-state index is 0. The van der Waals surface area contributed by atoms with Crippen molar-refractivity contribution in [1.29, 1.82) is 0 Å². The van der Waals surface area contributed by atoms with Crippen molar-refractivity contribution in [3.05, 3.63) is 60.2 Å². The molecule has 118 valence electrons. The molecule has 1 heterocycles. The van der Waals surface area contributed by atoms with E-state index in [0.29, 0.717) is 6.04 Å². The first kappa shape index (κ1) is 20.5. The maximum Gasteiger partial charge on any atom is 0.0479 e. The van der Waals surface area contributed by atoms with Crippen LogP contribution in [0.15, 0.2) is 49.6 Å². The molecule has 0 radical (unpaired) electrons. The summed E-state index contributed by atoms with van der Waals surface area (Å²) in [7, 11) is 0. The molecule has 2 rings (SSSR count). The highest BCUT2D eigenvalue weighted by atomic mass is 35.5. The van der Waals surface area contributed by atoms with Gasteiger partial charge < -0.3 is 0 Å². The molecule has 0 saturated carbocycles. The van der Waals surface area contributed by atoms with Gasteiger partial charge >= 0.3 is 0 Å². The summed E-state index contributed by atoms with van der Waals surface area (Å²) < 4.78 is 0. The molecule has 1 aliphatic heterocycles. The third-order valence-corrected chi connectivity index (χ3v) is 3.83. The van der Waals surface area contributed by atoms with Crippen LogP contribution < -0.4 is 0 Å². The second-order valence-electron chi connectivity index (χ2n) is 4.90. The first-order valence-corrected chi connectivity index (χ1v) is 7.06. The molecule has 21 heavy (non-hydrogen) atoms. The maximum absolute atomic E-state index is 5.97. The van der Waals surface area contributed by atoms with Crippen LogP contribution in [0.5, 0.6) is 0 Å². The van der Waals surface area contributed by atoms with E-state index in [0.717, 1.165) is 37.7 Å². The number of hydrogen-bond donors (Lipinski definition) is 0. The van der Waals surface area contributed by atoms with Crippen LogP contribution in [0.2, 0.25) is 5.02 Å². The fraction of sp³-hybridized carbons (Fsp3) is 0.375. The molecule has 1 fully saturated rings. The summed E-state index contributed by atoms with van der Waals surface area (Å²) in [5.41, 5.74) is 1.32. The summed E-state index contributed by atoms with van der Waals surface area (Å²) in [6.07, 6.45) is 3.95. The quantitative estimate of drug-likeness (QED) is 0.735. The van der Waals surface area contributed by atoms with Crippen LogP contribution in [0.1, 0.15) is 11.6 Å². The summed E-state index contributed by atoms with van der Waals surface area (Å²) in [4.78, 5) is 4.90. The summed E-state index contributed by atoms with van der Waals surface area (Å²) in [5.74, 6) is 0. The van der Waals surface area contributed by atoms with Gasteiger partial charge in [-0.05, 0) is 17.7 Å². The molecule has 2 nitrogen and oxygen atoms in total. The fourth-order valence-electron chi connectivity index (χ4n) is 2.61. The molecular formula is C16H23Cl3N2. The highest BCUT2D eigenvalue weighted by Gasteiger charge is 2.26. The summed E-state index contributed by atoms with van der Waals surface area (Å²) >= 11 is 5.97. The van der Waals surface area contributed by atoms with E-state index in [1.807, 2.05) is 24.3 Å². The van der Waals surface area contributed by atoms with Gasteiger partial charge in [0.05, 0.1) is 0 Å². The second kappa shape index (κ2) is 10.3. The Labute approximate surface area is 145 Å². The molecule has 0 aromatic heterocycles. The third-order valence-electron chi connectivity index (χ3n) is 3.58. The van der Waals surface area contributed by atoms with Crippen LogP contribution in [-0.2, 0) is 0 Å². The van der Waals surface area contributed by atoms with Crippen molar-refractivity contribution in [2.45, 2.75) is 6.04 Å². The van der Waals surface area contributed by atoms with Gasteiger partial charge in [0.2, 0.25) is 0 Å². The van der Waals surface area contributed by atoms with Crippen molar-refractivity contribution in [2.24, 2.45) is 0 Å².